The van der Waals surface area contributed by atoms with Crippen molar-refractivity contribution in [3.05, 3.63) is 28.5 Å². The van der Waals surface area contributed by atoms with Crippen LogP contribution in [0.4, 0.5) is 0 Å². The number of aromatic amines is 1. The molecule has 1 aliphatic rings. The van der Waals surface area contributed by atoms with Gasteiger partial charge < -0.3 is 4.98 Å². The van der Waals surface area contributed by atoms with Crippen molar-refractivity contribution in [3.8, 4) is 0 Å². The number of hydrogen-bond donors (Lipinski definition) is 1. The van der Waals surface area contributed by atoms with Gasteiger partial charge in [-0.3, -0.25) is 4.57 Å². The van der Waals surface area contributed by atoms with E-state index in [9.17, 15) is 4.79 Å². The Morgan fingerprint density at radius 3 is 2.86 bits per heavy atom. The standard InChI is InChI=1S/C11H16N2O/c1-8-3-5-10(6-4-8)13-7-9(2)12-11(13)14/h5,7-8H,3-4,6H2,1-2H3,(H,12,14). The van der Waals surface area contributed by atoms with Crippen molar-refractivity contribution in [2.75, 3.05) is 0 Å². The number of aromatic nitrogens is 2. The lowest BCUT2D eigenvalue weighted by Gasteiger charge is -2.17. The Bertz CT molecular complexity index is 411. The van der Waals surface area contributed by atoms with Crippen LogP contribution in [0.2, 0.25) is 0 Å². The molecule has 0 radical (unpaired) electrons. The largest absolute Gasteiger partial charge is 0.330 e. The van der Waals surface area contributed by atoms with Gasteiger partial charge in [-0.05, 0) is 32.1 Å². The first-order valence-corrected chi connectivity index (χ1v) is 5.14. The minimum absolute atomic E-state index is 0.0108. The Morgan fingerprint density at radius 1 is 1.57 bits per heavy atom. The van der Waals surface area contributed by atoms with Crippen LogP contribution in [0.5, 0.6) is 0 Å². The van der Waals surface area contributed by atoms with Gasteiger partial charge in [0.2, 0.25) is 0 Å². The maximum Gasteiger partial charge on any atom is 0.330 e. The first kappa shape index (κ1) is 9.31. The Labute approximate surface area is 83.5 Å². The third-order valence-corrected chi connectivity index (χ3v) is 2.80. The topological polar surface area (TPSA) is 37.8 Å². The quantitative estimate of drug-likeness (QED) is 0.727. The highest BCUT2D eigenvalue weighted by Crippen LogP contribution is 2.24. The van der Waals surface area contributed by atoms with Crippen LogP contribution in [0.3, 0.4) is 0 Å². The van der Waals surface area contributed by atoms with E-state index in [1.807, 2.05) is 13.1 Å². The normalized spacial score (nSPS) is 22.1. The fourth-order valence-electron chi connectivity index (χ4n) is 1.90. The van der Waals surface area contributed by atoms with Gasteiger partial charge in [0.05, 0.1) is 0 Å². The van der Waals surface area contributed by atoms with Crippen LogP contribution in [-0.2, 0) is 0 Å². The Kier molecular flexibility index (Phi) is 2.32. The molecule has 0 saturated heterocycles. The Balaban J connectivity index is 2.32. The highest BCUT2D eigenvalue weighted by Gasteiger charge is 2.12. The van der Waals surface area contributed by atoms with E-state index in [2.05, 4.69) is 18.0 Å². The predicted molar refractivity (Wildman–Crippen MR) is 57.1 cm³/mol. The van der Waals surface area contributed by atoms with E-state index >= 15 is 0 Å². The summed E-state index contributed by atoms with van der Waals surface area (Å²) in [6.07, 6.45) is 7.35. The lowest BCUT2D eigenvalue weighted by atomic mass is 9.94. The van der Waals surface area contributed by atoms with Gasteiger partial charge >= 0.3 is 5.69 Å². The molecule has 0 aliphatic heterocycles. The molecule has 0 spiro atoms. The highest BCUT2D eigenvalue weighted by atomic mass is 16.1. The van der Waals surface area contributed by atoms with E-state index in [1.54, 1.807) is 4.57 Å². The second-order valence-corrected chi connectivity index (χ2v) is 4.19. The summed E-state index contributed by atoms with van der Waals surface area (Å²) in [5, 5.41) is 0. The maximum absolute atomic E-state index is 11.5. The molecule has 0 amide bonds. The summed E-state index contributed by atoms with van der Waals surface area (Å²) in [7, 11) is 0. The molecular weight excluding hydrogens is 176 g/mol. The van der Waals surface area contributed by atoms with Gasteiger partial charge in [-0.1, -0.05) is 13.0 Å². The molecule has 14 heavy (non-hydrogen) atoms. The molecule has 1 unspecified atom stereocenters. The number of rotatable bonds is 1. The first-order valence-electron chi connectivity index (χ1n) is 5.14. The van der Waals surface area contributed by atoms with E-state index in [0.29, 0.717) is 0 Å². The number of aryl methyl sites for hydroxylation is 1. The summed E-state index contributed by atoms with van der Waals surface area (Å²) in [6.45, 7) is 4.16. The molecule has 1 heterocycles. The SMILES string of the molecule is Cc1cn(C2=CCC(C)CC2)c(=O)[nH]1. The van der Waals surface area contributed by atoms with Crippen LogP contribution in [0.15, 0.2) is 17.1 Å². The smallest absolute Gasteiger partial charge is 0.310 e. The molecule has 76 valence electrons. The van der Waals surface area contributed by atoms with Crippen molar-refractivity contribution >= 4 is 5.70 Å². The first-order chi connectivity index (χ1) is 6.66. The summed E-state index contributed by atoms with van der Waals surface area (Å²) in [6, 6.07) is 0. The molecule has 0 bridgehead atoms. The second kappa shape index (κ2) is 3.48. The number of allylic oxidation sites excluding steroid dienone is 2. The van der Waals surface area contributed by atoms with Crippen LogP contribution >= 0.6 is 0 Å². The minimum atomic E-state index is -0.0108. The van der Waals surface area contributed by atoms with E-state index in [1.165, 1.54) is 6.42 Å². The zero-order chi connectivity index (χ0) is 10.1. The highest BCUT2D eigenvalue weighted by molar-refractivity contribution is 5.46. The molecule has 2 rings (SSSR count). The molecule has 1 aromatic heterocycles. The van der Waals surface area contributed by atoms with Crippen molar-refractivity contribution in [3.63, 3.8) is 0 Å². The van der Waals surface area contributed by atoms with Crippen molar-refractivity contribution in [1.29, 1.82) is 0 Å². The molecule has 1 aromatic rings. The number of nitrogens with one attached hydrogen (secondary N) is 1. The number of imidazole rings is 1. The van der Waals surface area contributed by atoms with Crippen LogP contribution in [0.25, 0.3) is 5.70 Å². The third-order valence-electron chi connectivity index (χ3n) is 2.80. The average molecular weight is 192 g/mol. The summed E-state index contributed by atoms with van der Waals surface area (Å²) < 4.78 is 1.74. The number of nitrogens with zero attached hydrogens (tertiary/aromatic N) is 1. The van der Waals surface area contributed by atoms with Crippen molar-refractivity contribution in [2.45, 2.75) is 33.1 Å². The van der Waals surface area contributed by atoms with Gasteiger partial charge in [-0.15, -0.1) is 0 Å². The average Bonchev–Trinajstić information content (AvgIpc) is 2.47. The summed E-state index contributed by atoms with van der Waals surface area (Å²) in [5.41, 5.74) is 2.07. The van der Waals surface area contributed by atoms with Gasteiger partial charge in [0, 0.05) is 17.6 Å². The van der Waals surface area contributed by atoms with E-state index in [4.69, 9.17) is 0 Å². The summed E-state index contributed by atoms with van der Waals surface area (Å²) >= 11 is 0. The summed E-state index contributed by atoms with van der Waals surface area (Å²) in [5.74, 6) is 0.759. The zero-order valence-electron chi connectivity index (χ0n) is 8.71. The monoisotopic (exact) mass is 192 g/mol. The fraction of sp³-hybridized carbons (Fsp3) is 0.545. The van der Waals surface area contributed by atoms with E-state index < -0.39 is 0 Å². The van der Waals surface area contributed by atoms with Crippen molar-refractivity contribution < 1.29 is 0 Å². The number of H-pyrrole nitrogens is 1. The van der Waals surface area contributed by atoms with E-state index in [-0.39, 0.29) is 5.69 Å². The Hall–Kier alpha value is -1.25. The van der Waals surface area contributed by atoms with Gasteiger partial charge in [-0.25, -0.2) is 4.79 Å². The molecule has 0 saturated carbocycles. The lowest BCUT2D eigenvalue weighted by Crippen LogP contribution is -2.17. The van der Waals surface area contributed by atoms with Gasteiger partial charge in [0.1, 0.15) is 0 Å². The lowest BCUT2D eigenvalue weighted by molar-refractivity contribution is 0.525. The molecule has 1 atom stereocenters. The molecule has 3 nitrogen and oxygen atoms in total. The zero-order valence-corrected chi connectivity index (χ0v) is 8.71. The second-order valence-electron chi connectivity index (χ2n) is 4.19. The van der Waals surface area contributed by atoms with Crippen molar-refractivity contribution in [2.24, 2.45) is 5.92 Å². The molecule has 3 heteroatoms. The van der Waals surface area contributed by atoms with Crippen molar-refractivity contribution in [1.82, 2.24) is 9.55 Å². The van der Waals surface area contributed by atoms with Gasteiger partial charge in [-0.2, -0.15) is 0 Å². The Morgan fingerprint density at radius 2 is 2.36 bits per heavy atom. The molecule has 0 fully saturated rings. The molecule has 1 aliphatic carbocycles. The van der Waals surface area contributed by atoms with E-state index in [0.717, 1.165) is 30.2 Å². The third kappa shape index (κ3) is 1.67. The molecule has 0 aromatic carbocycles. The fourth-order valence-corrected chi connectivity index (χ4v) is 1.90. The van der Waals surface area contributed by atoms with Crippen LogP contribution in [-0.4, -0.2) is 9.55 Å². The number of hydrogen-bond acceptors (Lipinski definition) is 1. The summed E-state index contributed by atoms with van der Waals surface area (Å²) in [4.78, 5) is 14.3. The van der Waals surface area contributed by atoms with Crippen LogP contribution in [0, 0.1) is 12.8 Å². The van der Waals surface area contributed by atoms with Crippen LogP contribution in [0.1, 0.15) is 31.9 Å². The predicted octanol–water partition coefficient (Wildman–Crippen LogP) is 2.15. The van der Waals surface area contributed by atoms with Gasteiger partial charge in [0.15, 0.2) is 0 Å². The maximum atomic E-state index is 11.5. The van der Waals surface area contributed by atoms with Crippen LogP contribution < -0.4 is 5.69 Å². The molecular formula is C11H16N2O. The minimum Gasteiger partial charge on any atom is -0.310 e. The molecule has 1 N–H and O–H groups in total. The van der Waals surface area contributed by atoms with Gasteiger partial charge in [0.25, 0.3) is 0 Å².